The number of carbonyl (C=O) groups excluding carboxylic acids is 1. The monoisotopic (exact) mass is 353 g/mol. The van der Waals surface area contributed by atoms with Gasteiger partial charge in [-0.25, -0.2) is 9.97 Å². The van der Waals surface area contributed by atoms with Gasteiger partial charge >= 0.3 is 0 Å². The van der Waals surface area contributed by atoms with E-state index in [1.165, 1.54) is 11.3 Å². The molecule has 0 radical (unpaired) electrons. The number of aromatic nitrogens is 2. The normalized spacial score (nSPS) is 11.1. The number of halogens is 1. The van der Waals surface area contributed by atoms with Crippen LogP contribution in [0.3, 0.4) is 0 Å². The third kappa shape index (κ3) is 2.62. The number of hydrogen-bond acceptors (Lipinski definition) is 4. The second kappa shape index (κ2) is 5.85. The quantitative estimate of drug-likeness (QED) is 0.512. The van der Waals surface area contributed by atoms with Crippen LogP contribution in [0, 0.1) is 6.92 Å². The Morgan fingerprint density at radius 3 is 2.83 bits per heavy atom. The highest BCUT2D eigenvalue weighted by atomic mass is 35.5. The molecule has 1 aromatic carbocycles. The largest absolute Gasteiger partial charge is 0.306 e. The van der Waals surface area contributed by atoms with E-state index in [4.69, 9.17) is 11.6 Å². The van der Waals surface area contributed by atoms with E-state index in [1.54, 1.807) is 12.3 Å². The van der Waals surface area contributed by atoms with E-state index in [1.807, 2.05) is 43.3 Å². The molecule has 0 spiro atoms. The summed E-state index contributed by atoms with van der Waals surface area (Å²) >= 11 is 7.69. The second-order valence-corrected chi connectivity index (χ2v) is 6.86. The molecule has 118 valence electrons. The molecule has 0 bridgehead atoms. The van der Waals surface area contributed by atoms with E-state index in [0.717, 1.165) is 26.6 Å². The average Bonchev–Trinajstić information content (AvgIpc) is 3.01. The van der Waals surface area contributed by atoms with Gasteiger partial charge < -0.3 is 5.32 Å². The lowest BCUT2D eigenvalue weighted by atomic mass is 10.2. The van der Waals surface area contributed by atoms with Gasteiger partial charge in [0.1, 0.15) is 11.0 Å². The Kier molecular flexibility index (Phi) is 3.67. The summed E-state index contributed by atoms with van der Waals surface area (Å²) in [6, 6.07) is 13.3. The highest BCUT2D eigenvalue weighted by molar-refractivity contribution is 7.22. The fourth-order valence-corrected chi connectivity index (χ4v) is 3.95. The van der Waals surface area contributed by atoms with Gasteiger partial charge in [0.15, 0.2) is 0 Å². The van der Waals surface area contributed by atoms with Crippen molar-refractivity contribution in [3.8, 4) is 0 Å². The first-order valence-corrected chi connectivity index (χ1v) is 8.53. The lowest BCUT2D eigenvalue weighted by Crippen LogP contribution is -2.11. The summed E-state index contributed by atoms with van der Waals surface area (Å²) in [6.07, 6.45) is 1.67. The van der Waals surface area contributed by atoms with Crippen molar-refractivity contribution in [1.29, 1.82) is 0 Å². The van der Waals surface area contributed by atoms with Gasteiger partial charge in [0.05, 0.1) is 10.4 Å². The summed E-state index contributed by atoms with van der Waals surface area (Å²) in [6.45, 7) is 1.95. The van der Waals surface area contributed by atoms with Crippen molar-refractivity contribution < 1.29 is 4.79 Å². The molecule has 0 atom stereocenters. The maximum Gasteiger partial charge on any atom is 0.266 e. The van der Waals surface area contributed by atoms with Crippen molar-refractivity contribution in [2.75, 3.05) is 5.32 Å². The van der Waals surface area contributed by atoms with Gasteiger partial charge in [-0.1, -0.05) is 29.8 Å². The zero-order valence-corrected chi connectivity index (χ0v) is 14.3. The van der Waals surface area contributed by atoms with E-state index in [0.29, 0.717) is 15.8 Å². The highest BCUT2D eigenvalue weighted by Gasteiger charge is 2.15. The van der Waals surface area contributed by atoms with Crippen LogP contribution in [0.1, 0.15) is 15.2 Å². The third-order valence-corrected chi connectivity index (χ3v) is 5.16. The van der Waals surface area contributed by atoms with E-state index in [9.17, 15) is 4.79 Å². The molecular weight excluding hydrogens is 342 g/mol. The standard InChI is InChI=1S/C18H12ClN3OS/c1-10-6-7-20-15(8-10)22-18(23)14-9-12-16(24-14)11-4-2-3-5-13(11)21-17(12)19/h2-9H,1H3,(H,20,22,23). The van der Waals surface area contributed by atoms with Gasteiger partial charge in [0.2, 0.25) is 0 Å². The van der Waals surface area contributed by atoms with E-state index < -0.39 is 0 Å². The van der Waals surface area contributed by atoms with Crippen molar-refractivity contribution in [3.05, 3.63) is 64.3 Å². The molecule has 0 saturated heterocycles. The first kappa shape index (κ1) is 15.1. The molecule has 1 N–H and O–H groups in total. The van der Waals surface area contributed by atoms with Crippen LogP contribution in [0.5, 0.6) is 0 Å². The van der Waals surface area contributed by atoms with E-state index in [-0.39, 0.29) is 5.91 Å². The number of thiophene rings is 1. The number of nitrogens with zero attached hydrogens (tertiary/aromatic N) is 2. The molecule has 3 aromatic heterocycles. The number of anilines is 1. The van der Waals surface area contributed by atoms with Crippen LogP contribution in [0.25, 0.3) is 21.0 Å². The van der Waals surface area contributed by atoms with Crippen LogP contribution in [0.2, 0.25) is 5.15 Å². The Bertz CT molecular complexity index is 1090. The molecule has 4 rings (SSSR count). The maximum absolute atomic E-state index is 12.5. The molecule has 4 aromatic rings. The summed E-state index contributed by atoms with van der Waals surface area (Å²) < 4.78 is 0.966. The smallest absolute Gasteiger partial charge is 0.266 e. The Labute approximate surface area is 147 Å². The molecule has 0 aliphatic heterocycles. The molecule has 0 saturated carbocycles. The Balaban J connectivity index is 1.78. The van der Waals surface area contributed by atoms with Crippen LogP contribution in [-0.2, 0) is 0 Å². The van der Waals surface area contributed by atoms with Gasteiger partial charge in [-0.05, 0) is 36.8 Å². The summed E-state index contributed by atoms with van der Waals surface area (Å²) in [5.41, 5.74) is 1.86. The SMILES string of the molecule is Cc1ccnc(NC(=O)c2cc3c(Cl)nc4ccccc4c3s2)c1. The zero-order valence-electron chi connectivity index (χ0n) is 12.7. The number of aryl methyl sites for hydroxylation is 1. The van der Waals surface area contributed by atoms with Crippen molar-refractivity contribution in [2.45, 2.75) is 6.92 Å². The average molecular weight is 354 g/mol. The molecule has 0 aliphatic carbocycles. The number of para-hydroxylation sites is 1. The number of hydrogen-bond donors (Lipinski definition) is 1. The van der Waals surface area contributed by atoms with Crippen molar-refractivity contribution in [2.24, 2.45) is 0 Å². The van der Waals surface area contributed by atoms with Gasteiger partial charge in [0.25, 0.3) is 5.91 Å². The van der Waals surface area contributed by atoms with Gasteiger partial charge in [-0.2, -0.15) is 0 Å². The van der Waals surface area contributed by atoms with Crippen LogP contribution in [-0.4, -0.2) is 15.9 Å². The van der Waals surface area contributed by atoms with Gasteiger partial charge in [-0.15, -0.1) is 11.3 Å². The highest BCUT2D eigenvalue weighted by Crippen LogP contribution is 2.35. The number of benzene rings is 1. The molecule has 24 heavy (non-hydrogen) atoms. The summed E-state index contributed by atoms with van der Waals surface area (Å²) in [5.74, 6) is 0.334. The van der Waals surface area contributed by atoms with E-state index in [2.05, 4.69) is 15.3 Å². The Morgan fingerprint density at radius 1 is 1.17 bits per heavy atom. The van der Waals surface area contributed by atoms with Crippen molar-refractivity contribution in [1.82, 2.24) is 9.97 Å². The number of nitrogens with one attached hydrogen (secondary N) is 1. The molecule has 6 heteroatoms. The molecule has 3 heterocycles. The molecule has 0 aliphatic rings. The number of amides is 1. The second-order valence-electron chi connectivity index (χ2n) is 5.45. The minimum atomic E-state index is -0.200. The van der Waals surface area contributed by atoms with Gasteiger partial charge in [-0.3, -0.25) is 4.79 Å². The first-order valence-electron chi connectivity index (χ1n) is 7.33. The predicted molar refractivity (Wildman–Crippen MR) is 99.1 cm³/mol. The van der Waals surface area contributed by atoms with Crippen LogP contribution < -0.4 is 5.32 Å². The number of pyridine rings is 2. The van der Waals surface area contributed by atoms with Gasteiger partial charge in [0, 0.05) is 21.7 Å². The topological polar surface area (TPSA) is 54.9 Å². The summed E-state index contributed by atoms with van der Waals surface area (Å²) in [5, 5.41) is 5.02. The summed E-state index contributed by atoms with van der Waals surface area (Å²) in [4.78, 5) is 21.7. The van der Waals surface area contributed by atoms with Crippen molar-refractivity contribution in [3.63, 3.8) is 0 Å². The zero-order chi connectivity index (χ0) is 16.7. The molecule has 1 amide bonds. The Hall–Kier alpha value is -2.50. The molecule has 0 unspecified atom stereocenters. The fourth-order valence-electron chi connectivity index (χ4n) is 2.57. The number of carbonyl (C=O) groups is 1. The van der Waals surface area contributed by atoms with Crippen LogP contribution in [0.15, 0.2) is 48.7 Å². The minimum absolute atomic E-state index is 0.200. The number of fused-ring (bicyclic) bond motifs is 3. The summed E-state index contributed by atoms with van der Waals surface area (Å²) in [7, 11) is 0. The first-order chi connectivity index (χ1) is 11.6. The predicted octanol–water partition coefficient (Wildman–Crippen LogP) is 5.06. The number of rotatable bonds is 2. The van der Waals surface area contributed by atoms with Crippen LogP contribution in [0.4, 0.5) is 5.82 Å². The van der Waals surface area contributed by atoms with Crippen molar-refractivity contribution >= 4 is 55.7 Å². The molecule has 0 fully saturated rings. The lowest BCUT2D eigenvalue weighted by molar-refractivity contribution is 0.103. The third-order valence-electron chi connectivity index (χ3n) is 3.70. The van der Waals surface area contributed by atoms with Crippen LogP contribution >= 0.6 is 22.9 Å². The molecule has 4 nitrogen and oxygen atoms in total. The molecular formula is C18H12ClN3OS. The lowest BCUT2D eigenvalue weighted by Gasteiger charge is -2.02. The fraction of sp³-hybridized carbons (Fsp3) is 0.0556. The maximum atomic E-state index is 12.5. The van der Waals surface area contributed by atoms with E-state index >= 15 is 0 Å². The Morgan fingerprint density at radius 2 is 2.00 bits per heavy atom. The minimum Gasteiger partial charge on any atom is -0.306 e.